The van der Waals surface area contributed by atoms with Gasteiger partial charge in [-0.25, -0.2) is 0 Å². The van der Waals surface area contributed by atoms with Gasteiger partial charge in [0, 0.05) is 31.9 Å². The molecule has 23 heavy (non-hydrogen) atoms. The number of rotatable bonds is 8. The normalized spacial score (nSPS) is 12.7. The van der Waals surface area contributed by atoms with Crippen LogP contribution in [0, 0.1) is 0 Å². The minimum absolute atomic E-state index is 0.261. The molecule has 0 saturated heterocycles. The van der Waals surface area contributed by atoms with Crippen molar-refractivity contribution >= 4 is 5.96 Å². The zero-order valence-corrected chi connectivity index (χ0v) is 13.0. The Hall–Kier alpha value is -2.60. The first-order valence-electron chi connectivity index (χ1n) is 7.53. The van der Waals surface area contributed by atoms with E-state index < -0.39 is 6.10 Å². The molecule has 2 rings (SSSR count). The number of hydrogen-bond acceptors (Lipinski definition) is 4. The number of nitrogens with one attached hydrogen (secondary N) is 2. The van der Waals surface area contributed by atoms with E-state index in [9.17, 15) is 5.11 Å². The van der Waals surface area contributed by atoms with E-state index in [1.54, 1.807) is 36.9 Å². The van der Waals surface area contributed by atoms with Gasteiger partial charge >= 0.3 is 0 Å². The van der Waals surface area contributed by atoms with E-state index in [0.29, 0.717) is 19.0 Å². The third kappa shape index (κ3) is 5.96. The maximum atomic E-state index is 10.1. The molecule has 1 atom stereocenters. The number of aromatic nitrogens is 1. The van der Waals surface area contributed by atoms with Gasteiger partial charge in [0.1, 0.15) is 5.76 Å². The van der Waals surface area contributed by atoms with Crippen LogP contribution >= 0.6 is 0 Å². The van der Waals surface area contributed by atoms with E-state index in [-0.39, 0.29) is 6.54 Å². The van der Waals surface area contributed by atoms with Gasteiger partial charge in [0.05, 0.1) is 18.9 Å². The quantitative estimate of drug-likeness (QED) is 0.392. The Bertz CT molecular complexity index is 596. The predicted molar refractivity (Wildman–Crippen MR) is 90.1 cm³/mol. The molecule has 0 fully saturated rings. The van der Waals surface area contributed by atoms with Crippen molar-refractivity contribution in [3.8, 4) is 0 Å². The number of aliphatic hydroxyl groups excluding tert-OH is 1. The highest BCUT2D eigenvalue weighted by Gasteiger charge is 2.07. The van der Waals surface area contributed by atoms with Crippen LogP contribution in [-0.4, -0.2) is 35.7 Å². The van der Waals surface area contributed by atoms with E-state index in [4.69, 9.17) is 4.42 Å². The number of aliphatic hydroxyl groups is 1. The smallest absolute Gasteiger partial charge is 0.191 e. The minimum atomic E-state index is -0.662. The SMILES string of the molecule is C=CCNC(=NCC(O)c1ccncc1)NCCc1ccco1. The van der Waals surface area contributed by atoms with Crippen LogP contribution in [0.5, 0.6) is 0 Å². The summed E-state index contributed by atoms with van der Waals surface area (Å²) >= 11 is 0. The van der Waals surface area contributed by atoms with Crippen LogP contribution in [0.2, 0.25) is 0 Å². The standard InChI is InChI=1S/C17H22N4O2/c1-2-8-19-17(20-11-7-15-4-3-12-23-15)21-13-16(22)14-5-9-18-10-6-14/h2-6,9-10,12,16,22H,1,7-8,11,13H2,(H2,19,20,21). The van der Waals surface area contributed by atoms with Crippen molar-refractivity contribution in [3.05, 3.63) is 66.9 Å². The topological polar surface area (TPSA) is 82.7 Å². The zero-order valence-electron chi connectivity index (χ0n) is 13.0. The first-order valence-corrected chi connectivity index (χ1v) is 7.53. The van der Waals surface area contributed by atoms with Crippen LogP contribution in [0.25, 0.3) is 0 Å². The van der Waals surface area contributed by atoms with Crippen LogP contribution in [0.3, 0.4) is 0 Å². The molecule has 0 aliphatic rings. The van der Waals surface area contributed by atoms with Gasteiger partial charge in [0.15, 0.2) is 5.96 Å². The largest absolute Gasteiger partial charge is 0.469 e. The summed E-state index contributed by atoms with van der Waals surface area (Å²) in [6.07, 6.45) is 6.82. The van der Waals surface area contributed by atoms with Gasteiger partial charge in [0.2, 0.25) is 0 Å². The molecule has 6 heteroatoms. The van der Waals surface area contributed by atoms with Crippen molar-refractivity contribution in [2.45, 2.75) is 12.5 Å². The maximum Gasteiger partial charge on any atom is 0.191 e. The molecule has 0 aliphatic heterocycles. The van der Waals surface area contributed by atoms with Crippen LogP contribution in [0.1, 0.15) is 17.4 Å². The Morgan fingerprint density at radius 2 is 2.17 bits per heavy atom. The molecular weight excluding hydrogens is 292 g/mol. The molecule has 0 radical (unpaired) electrons. The summed E-state index contributed by atoms with van der Waals surface area (Å²) in [4.78, 5) is 8.34. The molecule has 0 aromatic carbocycles. The summed E-state index contributed by atoms with van der Waals surface area (Å²) in [5, 5.41) is 16.5. The molecule has 1 unspecified atom stereocenters. The Balaban J connectivity index is 1.86. The van der Waals surface area contributed by atoms with E-state index in [1.807, 2.05) is 12.1 Å². The van der Waals surface area contributed by atoms with Gasteiger partial charge in [-0.1, -0.05) is 6.08 Å². The van der Waals surface area contributed by atoms with Crippen molar-refractivity contribution < 1.29 is 9.52 Å². The summed E-state index contributed by atoms with van der Waals surface area (Å²) in [5.74, 6) is 1.54. The van der Waals surface area contributed by atoms with E-state index >= 15 is 0 Å². The van der Waals surface area contributed by atoms with Gasteiger partial charge in [-0.05, 0) is 29.8 Å². The van der Waals surface area contributed by atoms with Gasteiger partial charge in [-0.3, -0.25) is 9.98 Å². The lowest BCUT2D eigenvalue weighted by molar-refractivity contribution is 0.187. The van der Waals surface area contributed by atoms with E-state index in [0.717, 1.165) is 17.7 Å². The van der Waals surface area contributed by atoms with Crippen molar-refractivity contribution in [2.24, 2.45) is 4.99 Å². The molecule has 0 saturated carbocycles. The fourth-order valence-corrected chi connectivity index (χ4v) is 1.97. The second-order valence-electron chi connectivity index (χ2n) is 4.91. The van der Waals surface area contributed by atoms with Crippen molar-refractivity contribution in [1.82, 2.24) is 15.6 Å². The predicted octanol–water partition coefficient (Wildman–Crippen LogP) is 1.67. The summed E-state index contributed by atoms with van der Waals surface area (Å²) in [5.41, 5.74) is 0.794. The number of hydrogen-bond donors (Lipinski definition) is 3. The molecule has 0 aliphatic carbocycles. The van der Waals surface area contributed by atoms with Crippen LogP contribution in [0.4, 0.5) is 0 Å². The fourth-order valence-electron chi connectivity index (χ4n) is 1.97. The number of guanidine groups is 1. The summed E-state index contributed by atoms with van der Waals surface area (Å²) in [6, 6.07) is 7.36. The van der Waals surface area contributed by atoms with E-state index in [1.165, 1.54) is 0 Å². The van der Waals surface area contributed by atoms with Gasteiger partial charge in [-0.15, -0.1) is 6.58 Å². The molecule has 0 spiro atoms. The second kappa shape index (κ2) is 9.42. The molecule has 122 valence electrons. The Labute approximate surface area is 136 Å². The number of nitrogens with zero attached hydrogens (tertiary/aromatic N) is 2. The van der Waals surface area contributed by atoms with Gasteiger partial charge in [-0.2, -0.15) is 0 Å². The minimum Gasteiger partial charge on any atom is -0.469 e. The average molecular weight is 314 g/mol. The molecule has 0 amide bonds. The highest BCUT2D eigenvalue weighted by molar-refractivity contribution is 5.79. The highest BCUT2D eigenvalue weighted by atomic mass is 16.3. The molecular formula is C17H22N4O2. The van der Waals surface area contributed by atoms with Crippen LogP contribution in [-0.2, 0) is 6.42 Å². The summed E-state index contributed by atoms with van der Waals surface area (Å²) in [7, 11) is 0. The number of pyridine rings is 1. The maximum absolute atomic E-state index is 10.1. The summed E-state index contributed by atoms with van der Waals surface area (Å²) < 4.78 is 5.29. The lowest BCUT2D eigenvalue weighted by Gasteiger charge is -2.13. The van der Waals surface area contributed by atoms with E-state index in [2.05, 4.69) is 27.2 Å². The van der Waals surface area contributed by atoms with Crippen molar-refractivity contribution in [1.29, 1.82) is 0 Å². The Kier molecular flexibility index (Phi) is 6.87. The molecule has 6 nitrogen and oxygen atoms in total. The van der Waals surface area contributed by atoms with Gasteiger partial charge < -0.3 is 20.2 Å². The molecule has 2 aromatic rings. The molecule has 3 N–H and O–H groups in total. The highest BCUT2D eigenvalue weighted by Crippen LogP contribution is 2.10. The lowest BCUT2D eigenvalue weighted by Crippen LogP contribution is -2.38. The number of aliphatic imine (C=N–C) groups is 1. The molecule has 2 aromatic heterocycles. The zero-order chi connectivity index (χ0) is 16.3. The molecule has 0 bridgehead atoms. The van der Waals surface area contributed by atoms with Crippen molar-refractivity contribution in [2.75, 3.05) is 19.6 Å². The first kappa shape index (κ1) is 16.8. The third-order valence-corrected chi connectivity index (χ3v) is 3.17. The van der Waals surface area contributed by atoms with Gasteiger partial charge in [0.25, 0.3) is 0 Å². The second-order valence-corrected chi connectivity index (χ2v) is 4.91. The average Bonchev–Trinajstić information content (AvgIpc) is 3.10. The lowest BCUT2D eigenvalue weighted by atomic mass is 10.1. The van der Waals surface area contributed by atoms with Crippen LogP contribution < -0.4 is 10.6 Å². The number of furan rings is 1. The van der Waals surface area contributed by atoms with Crippen LogP contribution in [0.15, 0.2) is 65.0 Å². The Morgan fingerprint density at radius 1 is 1.35 bits per heavy atom. The molecule has 2 heterocycles. The third-order valence-electron chi connectivity index (χ3n) is 3.17. The monoisotopic (exact) mass is 314 g/mol. The summed E-state index contributed by atoms with van der Waals surface area (Å²) in [6.45, 7) is 5.22. The Morgan fingerprint density at radius 3 is 2.87 bits per heavy atom. The first-order chi connectivity index (χ1) is 11.3. The fraction of sp³-hybridized carbons (Fsp3) is 0.294. The van der Waals surface area contributed by atoms with Crippen molar-refractivity contribution in [3.63, 3.8) is 0 Å².